The van der Waals surface area contributed by atoms with Crippen molar-refractivity contribution in [2.45, 2.75) is 151 Å². The van der Waals surface area contributed by atoms with E-state index in [1.807, 2.05) is 296 Å². The standard InChI is InChI=1S/C20H23N5.C19H21N5O2S.2C19H21N5.2C17H18N6/c1-4-15-9-8-12-17(13-15)22-20-24-18(16-10-6-5-7-11-16)23-19(25-20)21-14(2)3;1-13(2)20-18-22-17(14-8-7-11-16(12-14)27(3,25)26)23-19(24-18)21-15-9-5-4-6-10-15;1-13(2)20-18-22-17(15-10-5-4-6-11-15)23-19(24-18)21-16-12-8-7-9-14(16)3;1-13(2)20-18-22-17(15-9-5-4-6-10-15)23-19(24-18)21-16-11-7-8-14(3)12-16;1-12(2)19-16-21-15(13-8-4-3-5-9-13)22-17(23-16)20-14-10-6-7-11-18-14;1-12(2)19-16-21-15(13-7-4-3-5-8-13)22-17(23-16)20-14-9-6-10-18-11-14/h5-14H,4H2,1-3H3,(H2,21,22,23,24,25);4-13H,1-3H3,(H2,20,21,22,23,24);2*4-13H,1-3H3,(H2,20,21,22,23,24);3-12H,1-2H3,(H2,18,19,20,21,22,23);3-12H,1-2H3,(H2,19,20,21,22,23). The van der Waals surface area contributed by atoms with Crippen LogP contribution in [0.2, 0.25) is 0 Å². The summed E-state index contributed by atoms with van der Waals surface area (Å²) in [5, 5.41) is 38.7. The van der Waals surface area contributed by atoms with Crippen molar-refractivity contribution >= 4 is 115 Å². The van der Waals surface area contributed by atoms with Gasteiger partial charge < -0.3 is 63.8 Å². The quantitative estimate of drug-likeness (QED) is 0.0186. The lowest BCUT2D eigenvalue weighted by molar-refractivity contribution is 0.602. The Morgan fingerprint density at radius 1 is 0.253 bits per heavy atom. The van der Waals surface area contributed by atoms with Gasteiger partial charge in [0.25, 0.3) is 0 Å². The van der Waals surface area contributed by atoms with E-state index >= 15 is 0 Å². The van der Waals surface area contributed by atoms with E-state index in [1.54, 1.807) is 42.9 Å². The third-order valence-corrected chi connectivity index (χ3v) is 21.2. The van der Waals surface area contributed by atoms with Crippen molar-refractivity contribution in [2.75, 3.05) is 70.1 Å². The Morgan fingerprint density at radius 2 is 0.555 bits per heavy atom. The molecule has 744 valence electrons. The molecule has 0 amide bonds. The Hall–Kier alpha value is -17.9. The highest BCUT2D eigenvalue weighted by atomic mass is 32.2. The van der Waals surface area contributed by atoms with Gasteiger partial charge in [-0.2, -0.15) is 89.7 Å². The number of pyridine rings is 2. The first-order valence-corrected chi connectivity index (χ1v) is 49.9. The van der Waals surface area contributed by atoms with Crippen molar-refractivity contribution in [3.63, 3.8) is 0 Å². The highest BCUT2D eigenvalue weighted by Gasteiger charge is 2.20. The molecular formula is C111H122N32O2S. The van der Waals surface area contributed by atoms with E-state index in [0.29, 0.717) is 118 Å². The number of nitrogens with one attached hydrogen (secondary N) is 12. The Kier molecular flexibility index (Phi) is 38.4. The second-order valence-electron chi connectivity index (χ2n) is 35.1. The Balaban J connectivity index is 0.000000147. The summed E-state index contributed by atoms with van der Waals surface area (Å²) in [5.41, 5.74) is 13.5. The molecule has 18 rings (SSSR count). The average molecular weight is 1970 g/mol. The van der Waals surface area contributed by atoms with Crippen molar-refractivity contribution in [1.29, 1.82) is 0 Å². The zero-order chi connectivity index (χ0) is 103. The van der Waals surface area contributed by atoms with Crippen LogP contribution in [0.4, 0.5) is 106 Å². The van der Waals surface area contributed by atoms with Crippen molar-refractivity contribution < 1.29 is 8.42 Å². The first-order chi connectivity index (χ1) is 70.6. The first-order valence-electron chi connectivity index (χ1n) is 48.0. The molecule has 0 aliphatic carbocycles. The number of anilines is 18. The highest BCUT2D eigenvalue weighted by molar-refractivity contribution is 7.90. The van der Waals surface area contributed by atoms with Crippen molar-refractivity contribution in [2.24, 2.45) is 0 Å². The van der Waals surface area contributed by atoms with Crippen LogP contribution in [0.15, 0.2) is 333 Å². The van der Waals surface area contributed by atoms with Crippen LogP contribution in [0, 0.1) is 13.8 Å². The molecule has 0 radical (unpaired) electrons. The van der Waals surface area contributed by atoms with E-state index < -0.39 is 9.84 Å². The maximum Gasteiger partial charge on any atom is 0.233 e. The molecule has 0 saturated carbocycles. The highest BCUT2D eigenvalue weighted by Crippen LogP contribution is 2.31. The fourth-order valence-electron chi connectivity index (χ4n) is 13.6. The lowest BCUT2D eigenvalue weighted by Gasteiger charge is -2.13. The number of benzene rings is 10. The number of rotatable bonds is 32. The van der Waals surface area contributed by atoms with Crippen LogP contribution < -0.4 is 63.8 Å². The van der Waals surface area contributed by atoms with Gasteiger partial charge in [0.1, 0.15) is 5.82 Å². The third-order valence-electron chi connectivity index (χ3n) is 20.1. The monoisotopic (exact) mass is 1970 g/mol. The molecule has 0 unspecified atom stereocenters. The lowest BCUT2D eigenvalue weighted by Crippen LogP contribution is -2.14. The van der Waals surface area contributed by atoms with Gasteiger partial charge in [-0.1, -0.05) is 237 Å². The maximum atomic E-state index is 11.9. The van der Waals surface area contributed by atoms with Gasteiger partial charge in [0, 0.05) is 111 Å². The first kappa shape index (κ1) is 105. The van der Waals surface area contributed by atoms with Crippen LogP contribution in [0.1, 0.15) is 107 Å². The molecular weight excluding hydrogens is 1850 g/mol. The molecule has 12 N–H and O–H groups in total. The van der Waals surface area contributed by atoms with Crippen molar-refractivity contribution in [1.82, 2.24) is 99.7 Å². The lowest BCUT2D eigenvalue weighted by atomic mass is 10.1. The number of aromatic nitrogens is 20. The van der Waals surface area contributed by atoms with E-state index in [-0.39, 0.29) is 41.1 Å². The van der Waals surface area contributed by atoms with Crippen molar-refractivity contribution in [3.8, 4) is 68.3 Å². The van der Waals surface area contributed by atoms with Gasteiger partial charge in [-0.3, -0.25) is 4.98 Å². The van der Waals surface area contributed by atoms with E-state index in [2.05, 4.69) is 256 Å². The molecule has 34 nitrogen and oxygen atoms in total. The molecule has 8 heterocycles. The topological polar surface area (TPSA) is 436 Å². The van der Waals surface area contributed by atoms with Crippen LogP contribution in [-0.2, 0) is 16.3 Å². The van der Waals surface area contributed by atoms with Gasteiger partial charge in [-0.25, -0.2) is 13.4 Å². The minimum absolute atomic E-state index is 0.132. The molecule has 18 aromatic rings. The Labute approximate surface area is 852 Å². The molecule has 10 aromatic carbocycles. The maximum absolute atomic E-state index is 11.9. The second kappa shape index (κ2) is 53.1. The van der Waals surface area contributed by atoms with Gasteiger partial charge in [-0.05, 0) is 199 Å². The van der Waals surface area contributed by atoms with Crippen LogP contribution in [0.3, 0.4) is 0 Å². The summed E-state index contributed by atoms with van der Waals surface area (Å²) in [5.74, 6) is 10.3. The SMILES string of the molecule is CC(C)Nc1nc(Nc2ccccc2)nc(-c2cccc(S(C)(=O)=O)c2)n1.CC(C)Nc1nc(Nc2ccccn2)nc(-c2ccccc2)n1.CC(C)Nc1nc(Nc2cccnc2)nc(-c2ccccc2)n1.CCc1cccc(Nc2nc(NC(C)C)nc(-c3ccccc3)n2)c1.Cc1cccc(Nc2nc(NC(C)C)nc(-c3ccccc3)n2)c1.Cc1ccccc1Nc1nc(NC(C)C)nc(-c2ccccc2)n1. The minimum atomic E-state index is -3.32. The van der Waals surface area contributed by atoms with Crippen LogP contribution in [-0.4, -0.2) is 151 Å². The predicted octanol–water partition coefficient (Wildman–Crippen LogP) is 24.0. The number of hydrogen-bond acceptors (Lipinski definition) is 34. The number of aryl methyl sites for hydroxylation is 3. The summed E-state index contributed by atoms with van der Waals surface area (Å²) in [6.45, 7) is 30.7. The Morgan fingerprint density at radius 3 is 0.904 bits per heavy atom. The summed E-state index contributed by atoms with van der Waals surface area (Å²) < 4.78 is 23.7. The van der Waals surface area contributed by atoms with E-state index in [9.17, 15) is 8.42 Å². The van der Waals surface area contributed by atoms with Crippen LogP contribution >= 0.6 is 0 Å². The molecule has 146 heavy (non-hydrogen) atoms. The van der Waals surface area contributed by atoms with Gasteiger partial charge in [-0.15, -0.1) is 0 Å². The molecule has 0 aliphatic rings. The second-order valence-corrected chi connectivity index (χ2v) is 37.1. The Bertz CT molecular complexity index is 7110. The molecule has 0 aliphatic heterocycles. The smallest absolute Gasteiger partial charge is 0.233 e. The molecule has 0 spiro atoms. The molecule has 0 fully saturated rings. The molecule has 0 atom stereocenters. The van der Waals surface area contributed by atoms with Gasteiger partial charge >= 0.3 is 0 Å². The molecule has 8 aromatic heterocycles. The van der Waals surface area contributed by atoms with Gasteiger partial charge in [0.15, 0.2) is 44.8 Å². The third kappa shape index (κ3) is 34.5. The fourth-order valence-corrected chi connectivity index (χ4v) is 14.2. The largest absolute Gasteiger partial charge is 0.352 e. The average Bonchev–Trinajstić information content (AvgIpc) is 0.804. The van der Waals surface area contributed by atoms with Gasteiger partial charge in [0.2, 0.25) is 71.4 Å². The summed E-state index contributed by atoms with van der Waals surface area (Å²) in [7, 11) is -3.32. The fraction of sp³-hybridized carbons (Fsp3) is 0.207. The summed E-state index contributed by atoms with van der Waals surface area (Å²) in [4.78, 5) is 89.5. The zero-order valence-electron chi connectivity index (χ0n) is 84.5. The normalized spacial score (nSPS) is 10.8. The van der Waals surface area contributed by atoms with E-state index in [1.165, 1.54) is 17.4 Å². The summed E-state index contributed by atoms with van der Waals surface area (Å²) in [6.07, 6.45) is 7.33. The van der Waals surface area contributed by atoms with Gasteiger partial charge in [0.05, 0.1) is 16.8 Å². The molecule has 0 bridgehead atoms. The van der Waals surface area contributed by atoms with Crippen LogP contribution in [0.25, 0.3) is 68.3 Å². The van der Waals surface area contributed by atoms with E-state index in [0.717, 1.165) is 68.2 Å². The predicted molar refractivity (Wildman–Crippen MR) is 590 cm³/mol. The minimum Gasteiger partial charge on any atom is -0.352 e. The summed E-state index contributed by atoms with van der Waals surface area (Å²) >= 11 is 0. The van der Waals surface area contributed by atoms with Crippen molar-refractivity contribution in [3.05, 3.63) is 345 Å². The molecule has 0 saturated heterocycles. The number of sulfone groups is 1. The molecule has 35 heteroatoms. The number of para-hydroxylation sites is 2. The zero-order valence-corrected chi connectivity index (χ0v) is 85.3. The summed E-state index contributed by atoms with van der Waals surface area (Å²) in [6, 6.07) is 101. The number of hydrogen-bond donors (Lipinski definition) is 12. The van der Waals surface area contributed by atoms with E-state index in [4.69, 9.17) is 0 Å². The number of nitrogens with zero attached hydrogens (tertiary/aromatic N) is 20. The van der Waals surface area contributed by atoms with Crippen LogP contribution in [0.5, 0.6) is 0 Å².